The van der Waals surface area contributed by atoms with E-state index < -0.39 is 0 Å². The summed E-state index contributed by atoms with van der Waals surface area (Å²) < 4.78 is 10.6. The van der Waals surface area contributed by atoms with Crippen molar-refractivity contribution in [2.45, 2.75) is 6.54 Å². The van der Waals surface area contributed by atoms with Crippen LogP contribution in [-0.4, -0.2) is 18.6 Å². The van der Waals surface area contributed by atoms with Crippen LogP contribution in [0.25, 0.3) is 0 Å². The molecule has 148 valence electrons. The number of carbonyl (C=O) groups excluding carboxylic acids is 2. The largest absolute Gasteiger partial charge is 0.454 e. The Kier molecular flexibility index (Phi) is 5.31. The van der Waals surface area contributed by atoms with Crippen molar-refractivity contribution in [3.05, 3.63) is 89.0 Å². The molecule has 0 atom stereocenters. The molecule has 3 aromatic rings. The molecule has 0 bridgehead atoms. The molecule has 0 saturated heterocycles. The van der Waals surface area contributed by atoms with E-state index in [0.717, 1.165) is 5.56 Å². The molecule has 2 amide bonds. The first kappa shape index (κ1) is 19.0. The molecule has 30 heavy (non-hydrogen) atoms. The van der Waals surface area contributed by atoms with Crippen LogP contribution < -0.4 is 20.1 Å². The Bertz CT molecular complexity index is 1130. The number of carbonyl (C=O) groups is 2. The summed E-state index contributed by atoms with van der Waals surface area (Å²) in [6.45, 7) is 0.548. The van der Waals surface area contributed by atoms with Crippen LogP contribution >= 0.6 is 0 Å². The number of nitrogens with zero attached hydrogens (tertiary/aromatic N) is 1. The Morgan fingerprint density at radius 2 is 1.53 bits per heavy atom. The number of anilines is 1. The van der Waals surface area contributed by atoms with Gasteiger partial charge >= 0.3 is 0 Å². The molecule has 2 N–H and O–H groups in total. The zero-order valence-electron chi connectivity index (χ0n) is 15.8. The molecule has 4 rings (SSSR count). The molecule has 0 spiro atoms. The average molecular weight is 399 g/mol. The Morgan fingerprint density at radius 1 is 0.867 bits per heavy atom. The first-order valence-corrected chi connectivity index (χ1v) is 9.21. The maximum absolute atomic E-state index is 12.4. The van der Waals surface area contributed by atoms with Crippen LogP contribution in [0.3, 0.4) is 0 Å². The summed E-state index contributed by atoms with van der Waals surface area (Å²) in [5.74, 6) is 0.818. The standard InChI is InChI=1S/C23H17N3O4/c24-12-15-1-8-19(9-2-15)26-23(28)18-6-4-17(5-7-18)22(27)25-13-16-3-10-20-21(11-16)30-14-29-20/h1-11H,13-14H2,(H,25,27)(H,26,28). The summed E-state index contributed by atoms with van der Waals surface area (Å²) in [4.78, 5) is 24.7. The van der Waals surface area contributed by atoms with Crippen LogP contribution in [0.2, 0.25) is 0 Å². The number of ether oxygens (including phenoxy) is 2. The monoisotopic (exact) mass is 399 g/mol. The van der Waals surface area contributed by atoms with E-state index in [1.54, 1.807) is 48.5 Å². The van der Waals surface area contributed by atoms with E-state index in [0.29, 0.717) is 40.4 Å². The van der Waals surface area contributed by atoms with Crippen LogP contribution in [-0.2, 0) is 6.54 Å². The third-order valence-electron chi connectivity index (χ3n) is 4.57. The number of amides is 2. The van der Waals surface area contributed by atoms with E-state index in [1.165, 1.54) is 0 Å². The van der Waals surface area contributed by atoms with Gasteiger partial charge in [0.15, 0.2) is 11.5 Å². The zero-order valence-corrected chi connectivity index (χ0v) is 15.8. The summed E-state index contributed by atoms with van der Waals surface area (Å²) >= 11 is 0. The molecule has 1 aliphatic rings. The summed E-state index contributed by atoms with van der Waals surface area (Å²) in [6.07, 6.45) is 0. The second-order valence-electron chi connectivity index (χ2n) is 6.59. The van der Waals surface area contributed by atoms with Crippen molar-refractivity contribution in [3.63, 3.8) is 0 Å². The van der Waals surface area contributed by atoms with Crippen LogP contribution in [0.15, 0.2) is 66.7 Å². The molecular weight excluding hydrogens is 382 g/mol. The molecule has 3 aromatic carbocycles. The average Bonchev–Trinajstić information content (AvgIpc) is 3.26. The third kappa shape index (κ3) is 4.23. The summed E-state index contributed by atoms with van der Waals surface area (Å²) in [5.41, 5.74) is 2.87. The van der Waals surface area contributed by atoms with Gasteiger partial charge in [-0.2, -0.15) is 5.26 Å². The van der Waals surface area contributed by atoms with Gasteiger partial charge in [0.2, 0.25) is 6.79 Å². The minimum Gasteiger partial charge on any atom is -0.454 e. The number of nitrogens with one attached hydrogen (secondary N) is 2. The number of fused-ring (bicyclic) bond motifs is 1. The molecule has 7 heteroatoms. The number of benzene rings is 3. The third-order valence-corrected chi connectivity index (χ3v) is 4.57. The van der Waals surface area contributed by atoms with Gasteiger partial charge < -0.3 is 20.1 Å². The van der Waals surface area contributed by atoms with Crippen LogP contribution in [0.5, 0.6) is 11.5 Å². The second-order valence-corrected chi connectivity index (χ2v) is 6.59. The molecule has 0 saturated carbocycles. The fourth-order valence-electron chi connectivity index (χ4n) is 2.94. The van der Waals surface area contributed by atoms with E-state index in [2.05, 4.69) is 10.6 Å². The number of hydrogen-bond acceptors (Lipinski definition) is 5. The van der Waals surface area contributed by atoms with E-state index in [9.17, 15) is 9.59 Å². The van der Waals surface area contributed by atoms with Gasteiger partial charge in [-0.05, 0) is 66.2 Å². The van der Waals surface area contributed by atoms with E-state index >= 15 is 0 Å². The zero-order chi connectivity index (χ0) is 20.9. The molecule has 0 aliphatic carbocycles. The van der Waals surface area contributed by atoms with Gasteiger partial charge in [0, 0.05) is 23.4 Å². The molecule has 1 heterocycles. The summed E-state index contributed by atoms with van der Waals surface area (Å²) in [7, 11) is 0. The van der Waals surface area contributed by atoms with Crippen LogP contribution in [0.4, 0.5) is 5.69 Å². The SMILES string of the molecule is N#Cc1ccc(NC(=O)c2ccc(C(=O)NCc3ccc4c(c3)OCO4)cc2)cc1. The van der Waals surface area contributed by atoms with E-state index in [4.69, 9.17) is 14.7 Å². The Labute approximate surface area is 172 Å². The maximum Gasteiger partial charge on any atom is 0.255 e. The molecule has 7 nitrogen and oxygen atoms in total. The molecule has 0 unspecified atom stereocenters. The smallest absolute Gasteiger partial charge is 0.255 e. The van der Waals surface area contributed by atoms with Crippen LogP contribution in [0, 0.1) is 11.3 Å². The van der Waals surface area contributed by atoms with Gasteiger partial charge in [0.05, 0.1) is 11.6 Å². The fourth-order valence-corrected chi connectivity index (χ4v) is 2.94. The fraction of sp³-hybridized carbons (Fsp3) is 0.0870. The minimum absolute atomic E-state index is 0.205. The van der Waals surface area contributed by atoms with Crippen molar-refractivity contribution in [2.24, 2.45) is 0 Å². The lowest BCUT2D eigenvalue weighted by Crippen LogP contribution is -2.23. The second kappa shape index (κ2) is 8.37. The number of rotatable bonds is 5. The Hall–Kier alpha value is -4.31. The van der Waals surface area contributed by atoms with Crippen molar-refractivity contribution >= 4 is 17.5 Å². The van der Waals surface area contributed by atoms with Gasteiger partial charge in [-0.3, -0.25) is 9.59 Å². The topological polar surface area (TPSA) is 100 Å². The molecule has 0 radical (unpaired) electrons. The Balaban J connectivity index is 1.34. The van der Waals surface area contributed by atoms with E-state index in [1.807, 2.05) is 24.3 Å². The van der Waals surface area contributed by atoms with Gasteiger partial charge in [-0.1, -0.05) is 6.07 Å². The number of nitriles is 1. The van der Waals surface area contributed by atoms with Gasteiger partial charge in [0.25, 0.3) is 11.8 Å². The van der Waals surface area contributed by atoms with Gasteiger partial charge in [-0.15, -0.1) is 0 Å². The highest BCUT2D eigenvalue weighted by Crippen LogP contribution is 2.32. The van der Waals surface area contributed by atoms with Crippen molar-refractivity contribution in [3.8, 4) is 17.6 Å². The highest BCUT2D eigenvalue weighted by atomic mass is 16.7. The highest BCUT2D eigenvalue weighted by Gasteiger charge is 2.14. The Morgan fingerprint density at radius 3 is 2.23 bits per heavy atom. The molecule has 0 fully saturated rings. The first-order valence-electron chi connectivity index (χ1n) is 9.21. The summed E-state index contributed by atoms with van der Waals surface area (Å²) in [5, 5.41) is 14.4. The van der Waals surface area contributed by atoms with Crippen molar-refractivity contribution < 1.29 is 19.1 Å². The maximum atomic E-state index is 12.4. The van der Waals surface area contributed by atoms with Crippen molar-refractivity contribution in [1.82, 2.24) is 5.32 Å². The quantitative estimate of drug-likeness (QED) is 0.684. The van der Waals surface area contributed by atoms with Crippen molar-refractivity contribution in [2.75, 3.05) is 12.1 Å². The number of hydrogen-bond donors (Lipinski definition) is 2. The first-order chi connectivity index (χ1) is 14.6. The molecule has 0 aromatic heterocycles. The lowest BCUT2D eigenvalue weighted by atomic mass is 10.1. The van der Waals surface area contributed by atoms with Gasteiger partial charge in [-0.25, -0.2) is 0 Å². The lowest BCUT2D eigenvalue weighted by Gasteiger charge is -2.08. The van der Waals surface area contributed by atoms with Crippen molar-refractivity contribution in [1.29, 1.82) is 5.26 Å². The summed E-state index contributed by atoms with van der Waals surface area (Å²) in [6, 6.07) is 20.5. The van der Waals surface area contributed by atoms with E-state index in [-0.39, 0.29) is 18.6 Å². The highest BCUT2D eigenvalue weighted by molar-refractivity contribution is 6.05. The van der Waals surface area contributed by atoms with Crippen LogP contribution in [0.1, 0.15) is 31.8 Å². The minimum atomic E-state index is -0.299. The predicted molar refractivity (Wildman–Crippen MR) is 109 cm³/mol. The van der Waals surface area contributed by atoms with Gasteiger partial charge in [0.1, 0.15) is 0 Å². The molecular formula is C23H17N3O4. The lowest BCUT2D eigenvalue weighted by molar-refractivity contribution is 0.0949. The normalized spacial score (nSPS) is 11.4. The predicted octanol–water partition coefficient (Wildman–Crippen LogP) is 3.47. The molecule has 1 aliphatic heterocycles.